The minimum atomic E-state index is -4.27. The molecule has 0 aliphatic carbocycles. The van der Waals surface area contributed by atoms with E-state index in [1.54, 1.807) is 14.0 Å². The second-order valence-electron chi connectivity index (χ2n) is 3.88. The van der Waals surface area contributed by atoms with Gasteiger partial charge in [0.05, 0.1) is 13.0 Å². The van der Waals surface area contributed by atoms with Gasteiger partial charge in [0.15, 0.2) is 0 Å². The van der Waals surface area contributed by atoms with E-state index in [1.165, 1.54) is 0 Å². The van der Waals surface area contributed by atoms with Crippen molar-refractivity contribution in [1.29, 1.82) is 0 Å². The Morgan fingerprint density at radius 3 is 2.50 bits per heavy atom. The third kappa shape index (κ3) is 11.7. The van der Waals surface area contributed by atoms with E-state index >= 15 is 0 Å². The predicted octanol–water partition coefficient (Wildman–Crippen LogP) is 1.84. The van der Waals surface area contributed by atoms with Gasteiger partial charge in [0.1, 0.15) is 6.61 Å². The largest absolute Gasteiger partial charge is 0.466 e. The molecule has 0 aliphatic heterocycles. The van der Waals surface area contributed by atoms with E-state index in [0.29, 0.717) is 26.1 Å². The van der Waals surface area contributed by atoms with E-state index in [4.69, 9.17) is 4.74 Å². The normalized spacial score (nSPS) is 11.9. The van der Waals surface area contributed by atoms with Crippen LogP contribution in [0.2, 0.25) is 0 Å². The van der Waals surface area contributed by atoms with Crippen molar-refractivity contribution in [3.05, 3.63) is 0 Å². The molecule has 108 valence electrons. The summed E-state index contributed by atoms with van der Waals surface area (Å²) in [5, 5.41) is 0. The zero-order chi connectivity index (χ0) is 14.0. The third-order valence-electron chi connectivity index (χ3n) is 2.10. The standard InChI is InChI=1S/C11H20F3NO3/c1-3-18-10(16)5-7-15(2)6-4-8-17-9-11(12,13)14/h3-9H2,1-2H3. The molecular formula is C11H20F3NO3. The molecule has 0 heterocycles. The topological polar surface area (TPSA) is 38.8 Å². The molecule has 0 aromatic carbocycles. The summed E-state index contributed by atoms with van der Waals surface area (Å²) < 4.78 is 44.4. The summed E-state index contributed by atoms with van der Waals surface area (Å²) in [7, 11) is 1.79. The lowest BCUT2D eigenvalue weighted by Crippen LogP contribution is -2.25. The van der Waals surface area contributed by atoms with E-state index in [-0.39, 0.29) is 19.0 Å². The summed E-state index contributed by atoms with van der Waals surface area (Å²) in [6.07, 6.45) is -3.49. The van der Waals surface area contributed by atoms with Crippen molar-refractivity contribution in [1.82, 2.24) is 4.90 Å². The average molecular weight is 271 g/mol. The van der Waals surface area contributed by atoms with Crippen LogP contribution in [0, 0.1) is 0 Å². The maximum Gasteiger partial charge on any atom is 0.411 e. The summed E-state index contributed by atoms with van der Waals surface area (Å²) in [5.41, 5.74) is 0. The number of hydrogen-bond donors (Lipinski definition) is 0. The summed E-state index contributed by atoms with van der Waals surface area (Å²) in [6.45, 7) is 2.05. The Kier molecular flexibility index (Phi) is 8.74. The first-order valence-corrected chi connectivity index (χ1v) is 5.84. The molecular weight excluding hydrogens is 251 g/mol. The molecule has 0 aliphatic rings. The highest BCUT2D eigenvalue weighted by Gasteiger charge is 2.27. The number of carbonyl (C=O) groups excluding carboxylic acids is 1. The van der Waals surface area contributed by atoms with Crippen molar-refractivity contribution in [2.45, 2.75) is 25.9 Å². The number of carbonyl (C=O) groups is 1. The Bertz CT molecular complexity index is 234. The molecule has 0 rings (SSSR count). The van der Waals surface area contributed by atoms with Gasteiger partial charge in [-0.3, -0.25) is 4.79 Å². The molecule has 0 saturated carbocycles. The summed E-state index contributed by atoms with van der Waals surface area (Å²) >= 11 is 0. The van der Waals surface area contributed by atoms with Crippen LogP contribution in [0.25, 0.3) is 0 Å². The minimum Gasteiger partial charge on any atom is -0.466 e. The number of rotatable bonds is 9. The lowest BCUT2D eigenvalue weighted by Gasteiger charge is -2.16. The molecule has 0 bridgehead atoms. The van der Waals surface area contributed by atoms with Crippen molar-refractivity contribution in [2.24, 2.45) is 0 Å². The highest BCUT2D eigenvalue weighted by Crippen LogP contribution is 2.14. The Morgan fingerprint density at radius 2 is 1.94 bits per heavy atom. The predicted molar refractivity (Wildman–Crippen MR) is 60.2 cm³/mol. The van der Waals surface area contributed by atoms with Crippen molar-refractivity contribution in [3.63, 3.8) is 0 Å². The van der Waals surface area contributed by atoms with Gasteiger partial charge in [-0.2, -0.15) is 13.2 Å². The molecule has 0 atom stereocenters. The van der Waals surface area contributed by atoms with E-state index < -0.39 is 12.8 Å². The fourth-order valence-electron chi connectivity index (χ4n) is 1.25. The lowest BCUT2D eigenvalue weighted by molar-refractivity contribution is -0.174. The lowest BCUT2D eigenvalue weighted by atomic mass is 10.3. The van der Waals surface area contributed by atoms with Gasteiger partial charge in [-0.15, -0.1) is 0 Å². The molecule has 0 fully saturated rings. The fraction of sp³-hybridized carbons (Fsp3) is 0.909. The van der Waals surface area contributed by atoms with E-state index in [1.807, 2.05) is 4.90 Å². The van der Waals surface area contributed by atoms with Gasteiger partial charge in [0.25, 0.3) is 0 Å². The second kappa shape index (κ2) is 9.16. The zero-order valence-electron chi connectivity index (χ0n) is 10.8. The Hall–Kier alpha value is -0.820. The number of nitrogens with zero attached hydrogens (tertiary/aromatic N) is 1. The van der Waals surface area contributed by atoms with Crippen molar-refractivity contribution in [2.75, 3.05) is 40.0 Å². The van der Waals surface area contributed by atoms with Crippen LogP contribution in [-0.2, 0) is 14.3 Å². The average Bonchev–Trinajstić information content (AvgIpc) is 2.25. The highest BCUT2D eigenvalue weighted by atomic mass is 19.4. The first-order chi connectivity index (χ1) is 8.35. The van der Waals surface area contributed by atoms with E-state index in [2.05, 4.69) is 4.74 Å². The summed E-state index contributed by atoms with van der Waals surface area (Å²) in [5.74, 6) is -0.266. The number of alkyl halides is 3. The minimum absolute atomic E-state index is 0.0588. The molecule has 4 nitrogen and oxygen atoms in total. The molecule has 0 aromatic heterocycles. The van der Waals surface area contributed by atoms with Gasteiger partial charge in [-0.1, -0.05) is 0 Å². The van der Waals surface area contributed by atoms with Gasteiger partial charge in [-0.25, -0.2) is 0 Å². The van der Waals surface area contributed by atoms with Crippen LogP contribution in [0.15, 0.2) is 0 Å². The molecule has 0 aromatic rings. The van der Waals surface area contributed by atoms with Gasteiger partial charge in [0, 0.05) is 19.7 Å². The second-order valence-corrected chi connectivity index (χ2v) is 3.88. The van der Waals surface area contributed by atoms with Crippen LogP contribution < -0.4 is 0 Å². The van der Waals surface area contributed by atoms with Crippen molar-refractivity contribution < 1.29 is 27.4 Å². The molecule has 7 heteroatoms. The summed E-state index contributed by atoms with van der Waals surface area (Å²) in [6, 6.07) is 0. The van der Waals surface area contributed by atoms with Crippen LogP contribution in [-0.4, -0.2) is 57.0 Å². The van der Waals surface area contributed by atoms with Crippen molar-refractivity contribution in [3.8, 4) is 0 Å². The first-order valence-electron chi connectivity index (χ1n) is 5.84. The molecule has 0 radical (unpaired) electrons. The molecule has 18 heavy (non-hydrogen) atoms. The summed E-state index contributed by atoms with van der Waals surface area (Å²) in [4.78, 5) is 12.9. The molecule has 0 spiro atoms. The fourth-order valence-corrected chi connectivity index (χ4v) is 1.25. The quantitative estimate of drug-likeness (QED) is 0.474. The van der Waals surface area contributed by atoms with Gasteiger partial charge in [0.2, 0.25) is 0 Å². The molecule has 0 unspecified atom stereocenters. The highest BCUT2D eigenvalue weighted by molar-refractivity contribution is 5.69. The monoisotopic (exact) mass is 271 g/mol. The Balaban J connectivity index is 3.42. The number of ether oxygens (including phenoxy) is 2. The molecule has 0 saturated heterocycles. The third-order valence-corrected chi connectivity index (χ3v) is 2.10. The Labute approximate surface area is 105 Å². The maximum absolute atomic E-state index is 11.7. The van der Waals surface area contributed by atoms with Gasteiger partial charge < -0.3 is 14.4 Å². The molecule has 0 amide bonds. The van der Waals surface area contributed by atoms with Crippen LogP contribution in [0.1, 0.15) is 19.8 Å². The van der Waals surface area contributed by atoms with Crippen LogP contribution in [0.3, 0.4) is 0 Å². The van der Waals surface area contributed by atoms with Gasteiger partial charge >= 0.3 is 12.1 Å². The van der Waals surface area contributed by atoms with E-state index in [9.17, 15) is 18.0 Å². The number of halogens is 3. The first kappa shape index (κ1) is 17.2. The smallest absolute Gasteiger partial charge is 0.411 e. The number of hydrogen-bond acceptors (Lipinski definition) is 4. The van der Waals surface area contributed by atoms with Crippen LogP contribution >= 0.6 is 0 Å². The Morgan fingerprint density at radius 1 is 1.28 bits per heavy atom. The zero-order valence-corrected chi connectivity index (χ0v) is 10.8. The van der Waals surface area contributed by atoms with Gasteiger partial charge in [-0.05, 0) is 20.4 Å². The van der Waals surface area contributed by atoms with Crippen LogP contribution in [0.5, 0.6) is 0 Å². The van der Waals surface area contributed by atoms with Crippen LogP contribution in [0.4, 0.5) is 13.2 Å². The SMILES string of the molecule is CCOC(=O)CCN(C)CCCOCC(F)(F)F. The van der Waals surface area contributed by atoms with Crippen molar-refractivity contribution >= 4 is 5.97 Å². The molecule has 0 N–H and O–H groups in total. The maximum atomic E-state index is 11.7. The number of esters is 1. The van der Waals surface area contributed by atoms with E-state index in [0.717, 1.165) is 0 Å².